The van der Waals surface area contributed by atoms with Crippen LogP contribution in [0, 0.1) is 16.0 Å². The van der Waals surface area contributed by atoms with Crippen LogP contribution in [0.4, 0.5) is 11.5 Å². The summed E-state index contributed by atoms with van der Waals surface area (Å²) in [5.74, 6) is 0.966. The molecule has 0 aliphatic rings. The van der Waals surface area contributed by atoms with Gasteiger partial charge in [-0.1, -0.05) is 13.8 Å². The van der Waals surface area contributed by atoms with Crippen molar-refractivity contribution in [2.24, 2.45) is 5.92 Å². The van der Waals surface area contributed by atoms with Gasteiger partial charge in [0.05, 0.1) is 11.5 Å². The minimum absolute atomic E-state index is 0.00463. The lowest BCUT2D eigenvalue weighted by Gasteiger charge is -2.09. The molecular formula is C12H19N3O4. The van der Waals surface area contributed by atoms with Gasteiger partial charge in [-0.2, -0.15) is 4.98 Å². The van der Waals surface area contributed by atoms with Crippen LogP contribution in [-0.2, 0) is 4.74 Å². The van der Waals surface area contributed by atoms with Crippen molar-refractivity contribution in [3.8, 4) is 5.88 Å². The van der Waals surface area contributed by atoms with Crippen LogP contribution in [0.5, 0.6) is 5.88 Å². The number of pyridine rings is 1. The van der Waals surface area contributed by atoms with E-state index in [1.807, 2.05) is 13.8 Å². The van der Waals surface area contributed by atoms with Crippen LogP contribution < -0.4 is 10.1 Å². The van der Waals surface area contributed by atoms with Crippen LogP contribution in [0.25, 0.3) is 0 Å². The molecule has 1 rings (SSSR count). The molecule has 0 saturated carbocycles. The number of anilines is 1. The van der Waals surface area contributed by atoms with Crippen molar-refractivity contribution in [1.82, 2.24) is 4.98 Å². The van der Waals surface area contributed by atoms with Gasteiger partial charge in [-0.25, -0.2) is 0 Å². The Morgan fingerprint density at radius 3 is 2.74 bits per heavy atom. The summed E-state index contributed by atoms with van der Waals surface area (Å²) < 4.78 is 10.6. The maximum atomic E-state index is 10.8. The number of hydrogen-bond donors (Lipinski definition) is 1. The van der Waals surface area contributed by atoms with Crippen molar-refractivity contribution in [1.29, 1.82) is 0 Å². The van der Waals surface area contributed by atoms with Crippen LogP contribution in [0.1, 0.15) is 13.8 Å². The standard InChI is InChI=1S/C12H19N3O4/c1-9(2)8-18-6-7-19-12-10(15(16)17)4-5-11(13-3)14-12/h4-5,9H,6-8H2,1-3H3,(H,13,14). The molecule has 0 unspecified atom stereocenters. The number of ether oxygens (including phenoxy) is 2. The Hall–Kier alpha value is -1.89. The van der Waals surface area contributed by atoms with Crippen molar-refractivity contribution in [2.75, 3.05) is 32.2 Å². The minimum Gasteiger partial charge on any atom is -0.470 e. The smallest absolute Gasteiger partial charge is 0.331 e. The van der Waals surface area contributed by atoms with E-state index < -0.39 is 4.92 Å². The first-order valence-electron chi connectivity index (χ1n) is 6.08. The van der Waals surface area contributed by atoms with Crippen molar-refractivity contribution >= 4 is 11.5 Å². The van der Waals surface area contributed by atoms with Crippen molar-refractivity contribution in [2.45, 2.75) is 13.8 Å². The van der Waals surface area contributed by atoms with Gasteiger partial charge in [0.25, 0.3) is 5.88 Å². The molecular weight excluding hydrogens is 250 g/mol. The highest BCUT2D eigenvalue weighted by Crippen LogP contribution is 2.25. The van der Waals surface area contributed by atoms with Gasteiger partial charge < -0.3 is 14.8 Å². The van der Waals surface area contributed by atoms with E-state index in [9.17, 15) is 10.1 Å². The van der Waals surface area contributed by atoms with Crippen LogP contribution in [-0.4, -0.2) is 36.8 Å². The molecule has 1 N–H and O–H groups in total. The third-order valence-electron chi connectivity index (χ3n) is 2.21. The highest BCUT2D eigenvalue weighted by molar-refractivity contribution is 5.48. The van der Waals surface area contributed by atoms with E-state index in [0.29, 0.717) is 24.9 Å². The van der Waals surface area contributed by atoms with Crippen molar-refractivity contribution in [3.63, 3.8) is 0 Å². The molecule has 1 heterocycles. The SMILES string of the molecule is CNc1ccc([N+](=O)[O-])c(OCCOCC(C)C)n1. The molecule has 0 radical (unpaired) electrons. The van der Waals surface area contributed by atoms with E-state index in [0.717, 1.165) is 0 Å². The highest BCUT2D eigenvalue weighted by Gasteiger charge is 2.17. The summed E-state index contributed by atoms with van der Waals surface area (Å²) in [6.45, 7) is 5.33. The first-order chi connectivity index (χ1) is 9.04. The lowest BCUT2D eigenvalue weighted by molar-refractivity contribution is -0.386. The molecule has 0 fully saturated rings. The summed E-state index contributed by atoms with van der Waals surface area (Å²) in [7, 11) is 1.68. The Morgan fingerprint density at radius 1 is 1.42 bits per heavy atom. The zero-order valence-electron chi connectivity index (χ0n) is 11.4. The Labute approximate surface area is 112 Å². The monoisotopic (exact) mass is 269 g/mol. The zero-order chi connectivity index (χ0) is 14.3. The van der Waals surface area contributed by atoms with Gasteiger partial charge in [0.1, 0.15) is 12.4 Å². The Balaban J connectivity index is 2.57. The van der Waals surface area contributed by atoms with Gasteiger partial charge in [-0.3, -0.25) is 10.1 Å². The lowest BCUT2D eigenvalue weighted by atomic mass is 10.2. The van der Waals surface area contributed by atoms with Crippen molar-refractivity contribution in [3.05, 3.63) is 22.2 Å². The molecule has 1 aromatic rings. The average molecular weight is 269 g/mol. The molecule has 106 valence electrons. The van der Waals surface area contributed by atoms with E-state index in [4.69, 9.17) is 9.47 Å². The number of nitro groups is 1. The van der Waals surface area contributed by atoms with Gasteiger partial charge in [-0.05, 0) is 12.0 Å². The van der Waals surface area contributed by atoms with E-state index in [1.165, 1.54) is 12.1 Å². The van der Waals surface area contributed by atoms with E-state index in [-0.39, 0.29) is 18.2 Å². The predicted molar refractivity (Wildman–Crippen MR) is 71.6 cm³/mol. The van der Waals surface area contributed by atoms with E-state index >= 15 is 0 Å². The Bertz CT molecular complexity index is 423. The maximum absolute atomic E-state index is 10.8. The topological polar surface area (TPSA) is 86.5 Å². The van der Waals surface area contributed by atoms with Gasteiger partial charge in [-0.15, -0.1) is 0 Å². The Morgan fingerprint density at radius 2 is 2.16 bits per heavy atom. The molecule has 19 heavy (non-hydrogen) atoms. The number of hydrogen-bond acceptors (Lipinski definition) is 6. The van der Waals surface area contributed by atoms with Crippen LogP contribution >= 0.6 is 0 Å². The van der Waals surface area contributed by atoms with Gasteiger partial charge >= 0.3 is 5.69 Å². The fraction of sp³-hybridized carbons (Fsp3) is 0.583. The number of nitrogens with one attached hydrogen (secondary N) is 1. The molecule has 7 heteroatoms. The number of rotatable bonds is 8. The Kier molecular flexibility index (Phi) is 6.01. The molecule has 7 nitrogen and oxygen atoms in total. The van der Waals surface area contributed by atoms with Crippen molar-refractivity contribution < 1.29 is 14.4 Å². The molecule has 0 saturated heterocycles. The normalized spacial score (nSPS) is 10.5. The predicted octanol–water partition coefficient (Wildman–Crippen LogP) is 2.08. The molecule has 0 atom stereocenters. The lowest BCUT2D eigenvalue weighted by Crippen LogP contribution is -2.11. The summed E-state index contributed by atoms with van der Waals surface area (Å²) in [5.41, 5.74) is -0.150. The molecule has 0 aromatic carbocycles. The fourth-order valence-electron chi connectivity index (χ4n) is 1.33. The summed E-state index contributed by atoms with van der Waals surface area (Å²) in [5, 5.41) is 13.6. The van der Waals surface area contributed by atoms with Crippen LogP contribution in [0.3, 0.4) is 0 Å². The minimum atomic E-state index is -0.517. The second-order valence-corrected chi connectivity index (χ2v) is 4.35. The quantitative estimate of drug-likeness (QED) is 0.441. The third-order valence-corrected chi connectivity index (χ3v) is 2.21. The summed E-state index contributed by atoms with van der Waals surface area (Å²) >= 11 is 0. The molecule has 0 amide bonds. The molecule has 0 aliphatic heterocycles. The summed E-state index contributed by atoms with van der Waals surface area (Å²) in [6.07, 6.45) is 0. The summed E-state index contributed by atoms with van der Waals surface area (Å²) in [4.78, 5) is 14.3. The summed E-state index contributed by atoms with van der Waals surface area (Å²) in [6, 6.07) is 2.89. The number of aromatic nitrogens is 1. The third kappa shape index (κ3) is 5.09. The fourth-order valence-corrected chi connectivity index (χ4v) is 1.33. The van der Waals surface area contributed by atoms with Crippen LogP contribution in [0.15, 0.2) is 12.1 Å². The first-order valence-corrected chi connectivity index (χ1v) is 6.08. The average Bonchev–Trinajstić information content (AvgIpc) is 2.37. The van der Waals surface area contributed by atoms with Crippen LogP contribution in [0.2, 0.25) is 0 Å². The van der Waals surface area contributed by atoms with E-state index in [1.54, 1.807) is 7.05 Å². The second-order valence-electron chi connectivity index (χ2n) is 4.35. The largest absolute Gasteiger partial charge is 0.470 e. The molecule has 0 spiro atoms. The number of nitrogens with zero attached hydrogens (tertiary/aromatic N) is 2. The molecule has 1 aromatic heterocycles. The van der Waals surface area contributed by atoms with Gasteiger partial charge in [0.15, 0.2) is 0 Å². The van der Waals surface area contributed by atoms with Gasteiger partial charge in [0, 0.05) is 19.7 Å². The maximum Gasteiger partial charge on any atom is 0.331 e. The molecule has 0 bridgehead atoms. The second kappa shape index (κ2) is 7.52. The molecule has 0 aliphatic carbocycles. The zero-order valence-corrected chi connectivity index (χ0v) is 11.4. The highest BCUT2D eigenvalue weighted by atomic mass is 16.6. The van der Waals surface area contributed by atoms with E-state index in [2.05, 4.69) is 10.3 Å². The van der Waals surface area contributed by atoms with Gasteiger partial charge in [0.2, 0.25) is 0 Å². The first kappa shape index (κ1) is 15.2.